The standard InChI is InChI=1S/C17H16FN7O4/c1-9(26)19-6-11-7-25(17(27)29-11)10-3-4-12(13(18)5-10)16-20-14(8-28-16)15-21-23-24(2)22-15/h3-5,8,11H,6-7H2,1-2H3,(H,19,26). The first kappa shape index (κ1) is 18.5. The lowest BCUT2D eigenvalue weighted by Crippen LogP contribution is -2.33. The lowest BCUT2D eigenvalue weighted by atomic mass is 10.1. The van der Waals surface area contributed by atoms with Gasteiger partial charge in [0.1, 0.15) is 18.2 Å². The summed E-state index contributed by atoms with van der Waals surface area (Å²) < 4.78 is 25.2. The molecular weight excluding hydrogens is 385 g/mol. The molecule has 0 spiro atoms. The van der Waals surface area contributed by atoms with Gasteiger partial charge in [0.15, 0.2) is 5.69 Å². The molecule has 1 N–H and O–H groups in total. The fourth-order valence-electron chi connectivity index (χ4n) is 2.83. The maximum atomic E-state index is 14.7. The molecule has 0 bridgehead atoms. The van der Waals surface area contributed by atoms with Gasteiger partial charge >= 0.3 is 6.09 Å². The number of nitrogens with one attached hydrogen (secondary N) is 1. The number of amides is 2. The number of carbonyl (C=O) groups excluding carboxylic acids is 2. The van der Waals surface area contributed by atoms with Crippen molar-refractivity contribution in [2.75, 3.05) is 18.0 Å². The molecule has 4 rings (SSSR count). The van der Waals surface area contributed by atoms with Gasteiger partial charge in [0.05, 0.1) is 31.4 Å². The molecule has 3 heterocycles. The Morgan fingerprint density at radius 2 is 2.24 bits per heavy atom. The van der Waals surface area contributed by atoms with Crippen molar-refractivity contribution < 1.29 is 23.1 Å². The van der Waals surface area contributed by atoms with E-state index in [-0.39, 0.29) is 36.3 Å². The van der Waals surface area contributed by atoms with E-state index in [2.05, 4.69) is 25.7 Å². The van der Waals surface area contributed by atoms with Gasteiger partial charge in [-0.05, 0) is 23.4 Å². The van der Waals surface area contributed by atoms with Crippen LogP contribution in [0.15, 0.2) is 28.9 Å². The van der Waals surface area contributed by atoms with Crippen LogP contribution in [0.5, 0.6) is 0 Å². The van der Waals surface area contributed by atoms with E-state index >= 15 is 0 Å². The molecule has 150 valence electrons. The first-order chi connectivity index (χ1) is 13.9. The van der Waals surface area contributed by atoms with Gasteiger partial charge in [-0.2, -0.15) is 4.80 Å². The van der Waals surface area contributed by atoms with Gasteiger partial charge in [-0.3, -0.25) is 9.69 Å². The number of hydrogen-bond donors (Lipinski definition) is 1. The molecule has 29 heavy (non-hydrogen) atoms. The summed E-state index contributed by atoms with van der Waals surface area (Å²) in [5.74, 6) is -0.549. The number of cyclic esters (lactones) is 1. The SMILES string of the molecule is CC(=O)NCC1CN(c2ccc(-c3nc(-c4nnn(C)n4)co3)c(F)c2)C(=O)O1. The predicted octanol–water partition coefficient (Wildman–Crippen LogP) is 1.13. The van der Waals surface area contributed by atoms with Crippen LogP contribution in [-0.4, -0.2) is 56.4 Å². The molecule has 2 amide bonds. The summed E-state index contributed by atoms with van der Waals surface area (Å²) in [5, 5.41) is 14.1. The van der Waals surface area contributed by atoms with E-state index in [1.807, 2.05) is 0 Å². The Hall–Kier alpha value is -3.83. The van der Waals surface area contributed by atoms with Crippen molar-refractivity contribution in [1.29, 1.82) is 0 Å². The Morgan fingerprint density at radius 3 is 2.93 bits per heavy atom. The van der Waals surface area contributed by atoms with Gasteiger partial charge in [0.2, 0.25) is 17.6 Å². The lowest BCUT2D eigenvalue weighted by molar-refractivity contribution is -0.119. The van der Waals surface area contributed by atoms with Crippen LogP contribution in [0, 0.1) is 5.82 Å². The number of hydrogen-bond acceptors (Lipinski definition) is 8. The van der Waals surface area contributed by atoms with Crippen molar-refractivity contribution in [3.05, 3.63) is 30.3 Å². The monoisotopic (exact) mass is 401 g/mol. The zero-order valence-electron chi connectivity index (χ0n) is 15.5. The summed E-state index contributed by atoms with van der Waals surface area (Å²) in [5.41, 5.74) is 0.760. The fourth-order valence-corrected chi connectivity index (χ4v) is 2.83. The minimum atomic E-state index is -0.624. The summed E-state index contributed by atoms with van der Waals surface area (Å²) in [6, 6.07) is 4.21. The molecule has 1 aromatic carbocycles. The van der Waals surface area contributed by atoms with Crippen molar-refractivity contribution >= 4 is 17.7 Å². The second kappa shape index (κ2) is 7.30. The van der Waals surface area contributed by atoms with E-state index in [9.17, 15) is 14.0 Å². The van der Waals surface area contributed by atoms with E-state index in [1.54, 1.807) is 13.1 Å². The number of aromatic nitrogens is 5. The van der Waals surface area contributed by atoms with Crippen LogP contribution in [0.2, 0.25) is 0 Å². The van der Waals surface area contributed by atoms with Crippen molar-refractivity contribution in [2.24, 2.45) is 7.05 Å². The summed E-state index contributed by atoms with van der Waals surface area (Å²) >= 11 is 0. The Bertz CT molecular complexity index is 1080. The molecule has 1 unspecified atom stereocenters. The average molecular weight is 401 g/mol. The van der Waals surface area contributed by atoms with Crippen LogP contribution < -0.4 is 10.2 Å². The third-order valence-corrected chi connectivity index (χ3v) is 4.19. The first-order valence-electron chi connectivity index (χ1n) is 8.63. The molecule has 1 saturated heterocycles. The van der Waals surface area contributed by atoms with Crippen LogP contribution >= 0.6 is 0 Å². The minimum absolute atomic E-state index is 0.0454. The number of oxazole rings is 1. The van der Waals surface area contributed by atoms with Crippen molar-refractivity contribution in [3.8, 4) is 23.0 Å². The predicted molar refractivity (Wildman–Crippen MR) is 96.0 cm³/mol. The highest BCUT2D eigenvalue weighted by molar-refractivity contribution is 5.90. The van der Waals surface area contributed by atoms with Crippen LogP contribution in [0.4, 0.5) is 14.9 Å². The van der Waals surface area contributed by atoms with Gasteiger partial charge in [0.25, 0.3) is 0 Å². The molecule has 3 aromatic rings. The molecule has 1 fully saturated rings. The Morgan fingerprint density at radius 1 is 1.41 bits per heavy atom. The van der Waals surface area contributed by atoms with E-state index < -0.39 is 18.0 Å². The second-order valence-electron chi connectivity index (χ2n) is 6.36. The molecule has 1 atom stereocenters. The molecule has 12 heteroatoms. The maximum Gasteiger partial charge on any atom is 0.414 e. The highest BCUT2D eigenvalue weighted by atomic mass is 19.1. The number of anilines is 1. The summed E-state index contributed by atoms with van der Waals surface area (Å²) in [7, 11) is 1.61. The Balaban J connectivity index is 1.52. The van der Waals surface area contributed by atoms with Crippen LogP contribution in [0.25, 0.3) is 23.0 Å². The molecule has 0 saturated carbocycles. The van der Waals surface area contributed by atoms with Gasteiger partial charge in [-0.15, -0.1) is 10.2 Å². The largest absolute Gasteiger partial charge is 0.444 e. The van der Waals surface area contributed by atoms with Crippen LogP contribution in [0.1, 0.15) is 6.92 Å². The fraction of sp³-hybridized carbons (Fsp3) is 0.294. The minimum Gasteiger partial charge on any atom is -0.444 e. The van der Waals surface area contributed by atoms with Gasteiger partial charge in [-0.1, -0.05) is 0 Å². The Kier molecular flexibility index (Phi) is 4.66. The zero-order valence-corrected chi connectivity index (χ0v) is 15.5. The summed E-state index contributed by atoms with van der Waals surface area (Å²) in [6.45, 7) is 1.75. The summed E-state index contributed by atoms with van der Waals surface area (Å²) in [4.78, 5) is 29.8. The molecular formula is C17H16FN7O4. The topological polar surface area (TPSA) is 128 Å². The van der Waals surface area contributed by atoms with Crippen molar-refractivity contribution in [3.63, 3.8) is 0 Å². The average Bonchev–Trinajstić information content (AvgIpc) is 3.39. The molecule has 0 radical (unpaired) electrons. The van der Waals surface area contributed by atoms with E-state index in [1.165, 1.54) is 35.0 Å². The van der Waals surface area contributed by atoms with Gasteiger partial charge < -0.3 is 14.5 Å². The number of benzene rings is 1. The zero-order chi connectivity index (χ0) is 20.5. The Labute approximate surface area is 163 Å². The van der Waals surface area contributed by atoms with E-state index in [0.717, 1.165) is 0 Å². The van der Waals surface area contributed by atoms with Crippen molar-refractivity contribution in [2.45, 2.75) is 13.0 Å². The van der Waals surface area contributed by atoms with Crippen LogP contribution in [0.3, 0.4) is 0 Å². The maximum absolute atomic E-state index is 14.7. The summed E-state index contributed by atoms with van der Waals surface area (Å²) in [6.07, 6.45) is 0.187. The number of ether oxygens (including phenoxy) is 1. The molecule has 1 aliphatic heterocycles. The quantitative estimate of drug-likeness (QED) is 0.674. The normalized spacial score (nSPS) is 16.2. The highest BCUT2D eigenvalue weighted by Gasteiger charge is 2.33. The smallest absolute Gasteiger partial charge is 0.414 e. The third-order valence-electron chi connectivity index (χ3n) is 4.19. The number of rotatable bonds is 5. The van der Waals surface area contributed by atoms with Crippen molar-refractivity contribution in [1.82, 2.24) is 30.5 Å². The lowest BCUT2D eigenvalue weighted by Gasteiger charge is -2.13. The van der Waals surface area contributed by atoms with Crippen LogP contribution in [-0.2, 0) is 16.6 Å². The first-order valence-corrected chi connectivity index (χ1v) is 8.63. The van der Waals surface area contributed by atoms with Gasteiger partial charge in [-0.25, -0.2) is 14.2 Å². The highest BCUT2D eigenvalue weighted by Crippen LogP contribution is 2.29. The van der Waals surface area contributed by atoms with Gasteiger partial charge in [0, 0.05) is 6.92 Å². The molecule has 1 aliphatic rings. The molecule has 2 aromatic heterocycles. The number of halogens is 1. The van der Waals surface area contributed by atoms with E-state index in [4.69, 9.17) is 9.15 Å². The number of aryl methyl sites for hydroxylation is 1. The molecule has 0 aliphatic carbocycles. The number of carbonyl (C=O) groups is 2. The van der Waals surface area contributed by atoms with E-state index in [0.29, 0.717) is 11.4 Å². The second-order valence-corrected chi connectivity index (χ2v) is 6.36. The number of nitrogens with zero attached hydrogens (tertiary/aromatic N) is 6. The third kappa shape index (κ3) is 3.77. The number of tetrazole rings is 1. The molecule has 11 nitrogen and oxygen atoms in total.